The minimum atomic E-state index is 0.904. The first-order valence-corrected chi connectivity index (χ1v) is 21.0. The van der Waals surface area contributed by atoms with Crippen molar-refractivity contribution in [2.24, 2.45) is 0 Å². The van der Waals surface area contributed by atoms with Crippen LogP contribution in [0.3, 0.4) is 0 Å². The predicted octanol–water partition coefficient (Wildman–Crippen LogP) is 16.1. The molecule has 3 heterocycles. The zero-order valence-corrected chi connectivity index (χ0v) is 32.9. The van der Waals surface area contributed by atoms with Crippen LogP contribution in [0.1, 0.15) is 0 Å². The van der Waals surface area contributed by atoms with E-state index in [2.05, 4.69) is 215 Å². The molecule has 0 unspecified atom stereocenters. The van der Waals surface area contributed by atoms with Crippen LogP contribution >= 0.6 is 0 Å². The lowest BCUT2D eigenvalue weighted by Gasteiger charge is -2.14. The fourth-order valence-electron chi connectivity index (χ4n) is 10.7. The summed E-state index contributed by atoms with van der Waals surface area (Å²) in [7, 11) is 0. The van der Waals surface area contributed by atoms with E-state index >= 15 is 0 Å². The van der Waals surface area contributed by atoms with E-state index < -0.39 is 0 Å². The molecule has 0 bridgehead atoms. The van der Waals surface area contributed by atoms with Crippen LogP contribution in [0.4, 0.5) is 0 Å². The maximum absolute atomic E-state index is 6.79. The van der Waals surface area contributed by atoms with Crippen molar-refractivity contribution >= 4 is 109 Å². The van der Waals surface area contributed by atoms with Gasteiger partial charge in [-0.3, -0.25) is 0 Å². The van der Waals surface area contributed by atoms with Gasteiger partial charge in [0.05, 0.1) is 33.1 Å². The summed E-state index contributed by atoms with van der Waals surface area (Å²) >= 11 is 0. The number of hydrogen-bond donors (Lipinski definition) is 0. The molecule has 3 nitrogen and oxygen atoms in total. The monoisotopic (exact) mass is 774 g/mol. The molecule has 14 aromatic rings. The summed E-state index contributed by atoms with van der Waals surface area (Å²) in [4.78, 5) is 0. The van der Waals surface area contributed by atoms with Crippen molar-refractivity contribution in [1.29, 1.82) is 0 Å². The fraction of sp³-hybridized carbons (Fsp3) is 0. The molecule has 0 saturated carbocycles. The zero-order chi connectivity index (χ0) is 39.8. The summed E-state index contributed by atoms with van der Waals surface area (Å²) in [6.45, 7) is 0. The minimum Gasteiger partial charge on any atom is -0.455 e. The first-order chi connectivity index (χ1) is 30.3. The van der Waals surface area contributed by atoms with Crippen molar-refractivity contribution in [3.05, 3.63) is 206 Å². The molecule has 14 rings (SSSR count). The Labute approximate surface area is 349 Å². The molecule has 0 aliphatic rings. The van der Waals surface area contributed by atoms with Crippen molar-refractivity contribution < 1.29 is 4.42 Å². The maximum atomic E-state index is 6.79. The smallest absolute Gasteiger partial charge is 0.145 e. The molecule has 0 spiro atoms. The highest BCUT2D eigenvalue weighted by molar-refractivity contribution is 6.31. The number of fused-ring (bicyclic) bond motifs is 18. The van der Waals surface area contributed by atoms with Crippen LogP contribution in [0.25, 0.3) is 131 Å². The molecule has 0 N–H and O–H groups in total. The summed E-state index contributed by atoms with van der Waals surface area (Å²) in [5.41, 5.74) is 11.1. The van der Waals surface area contributed by atoms with Gasteiger partial charge in [-0.05, 0) is 109 Å². The lowest BCUT2D eigenvalue weighted by molar-refractivity contribution is 0.673. The average molecular weight is 775 g/mol. The molecule has 282 valence electrons. The third-order valence-electron chi connectivity index (χ3n) is 13.3. The summed E-state index contributed by atoms with van der Waals surface area (Å²) < 4.78 is 11.7. The molecule has 0 amide bonds. The SMILES string of the molecule is c1cc(-c2ccc3c4ccccc4c4ccccc4c3c2)cc(-n2c3ccccc3c3c2ccc2c4c5oc6ccccc6c5ccc4n(-c4cccc5ccccc45)c23)c1. The molecular formula is C58H34N2O. The average Bonchev–Trinajstić information content (AvgIpc) is 3.99. The van der Waals surface area contributed by atoms with Crippen LogP contribution in [0.5, 0.6) is 0 Å². The van der Waals surface area contributed by atoms with Crippen molar-refractivity contribution in [1.82, 2.24) is 9.13 Å². The van der Waals surface area contributed by atoms with Gasteiger partial charge in [0, 0.05) is 38.0 Å². The van der Waals surface area contributed by atoms with E-state index in [0.717, 1.165) is 49.7 Å². The van der Waals surface area contributed by atoms with Gasteiger partial charge in [-0.25, -0.2) is 0 Å². The molecule has 3 aromatic heterocycles. The molecule has 3 heteroatoms. The van der Waals surface area contributed by atoms with Gasteiger partial charge >= 0.3 is 0 Å². The minimum absolute atomic E-state index is 0.904. The summed E-state index contributed by atoms with van der Waals surface area (Å²) in [5.74, 6) is 0. The Hall–Kier alpha value is -8.14. The van der Waals surface area contributed by atoms with Gasteiger partial charge in [0.15, 0.2) is 0 Å². The third-order valence-corrected chi connectivity index (χ3v) is 13.3. The molecule has 0 fully saturated rings. The summed E-state index contributed by atoms with van der Waals surface area (Å²) in [5, 5.41) is 17.1. The number of hydrogen-bond acceptors (Lipinski definition) is 1. The highest BCUT2D eigenvalue weighted by atomic mass is 16.3. The number of aromatic nitrogens is 2. The van der Waals surface area contributed by atoms with E-state index in [4.69, 9.17) is 4.42 Å². The van der Waals surface area contributed by atoms with Gasteiger partial charge in [0.1, 0.15) is 11.2 Å². The second-order valence-corrected chi connectivity index (χ2v) is 16.4. The van der Waals surface area contributed by atoms with Crippen LogP contribution in [0, 0.1) is 0 Å². The van der Waals surface area contributed by atoms with Crippen LogP contribution in [-0.2, 0) is 0 Å². The second kappa shape index (κ2) is 12.2. The molecule has 0 atom stereocenters. The van der Waals surface area contributed by atoms with E-state index in [1.807, 2.05) is 0 Å². The van der Waals surface area contributed by atoms with E-state index in [0.29, 0.717) is 0 Å². The summed E-state index contributed by atoms with van der Waals surface area (Å²) in [6, 6.07) is 75.5. The Morgan fingerprint density at radius 3 is 1.69 bits per heavy atom. The predicted molar refractivity (Wildman–Crippen MR) is 258 cm³/mol. The second-order valence-electron chi connectivity index (χ2n) is 16.4. The van der Waals surface area contributed by atoms with Crippen LogP contribution < -0.4 is 0 Å². The zero-order valence-electron chi connectivity index (χ0n) is 32.9. The molecule has 11 aromatic carbocycles. The highest BCUT2D eigenvalue weighted by Gasteiger charge is 2.24. The normalized spacial score (nSPS) is 12.3. The fourth-order valence-corrected chi connectivity index (χ4v) is 10.7. The third kappa shape index (κ3) is 4.47. The van der Waals surface area contributed by atoms with Crippen molar-refractivity contribution in [2.75, 3.05) is 0 Å². The van der Waals surface area contributed by atoms with E-state index in [1.165, 1.54) is 81.4 Å². The molecule has 0 saturated heterocycles. The van der Waals surface area contributed by atoms with E-state index in [1.54, 1.807) is 0 Å². The van der Waals surface area contributed by atoms with Gasteiger partial charge in [-0.1, -0.05) is 146 Å². The Morgan fingerprint density at radius 2 is 0.885 bits per heavy atom. The van der Waals surface area contributed by atoms with Crippen molar-refractivity contribution in [3.8, 4) is 22.5 Å². The quantitative estimate of drug-likeness (QED) is 0.164. The summed E-state index contributed by atoms with van der Waals surface area (Å²) in [6.07, 6.45) is 0. The largest absolute Gasteiger partial charge is 0.455 e. The van der Waals surface area contributed by atoms with Gasteiger partial charge in [-0.2, -0.15) is 0 Å². The Kier molecular flexibility index (Phi) is 6.56. The first-order valence-electron chi connectivity index (χ1n) is 21.0. The Bertz CT molecular complexity index is 4140. The number of furan rings is 1. The van der Waals surface area contributed by atoms with E-state index in [-0.39, 0.29) is 0 Å². The number of nitrogens with zero attached hydrogens (tertiary/aromatic N) is 2. The first kappa shape index (κ1) is 32.8. The van der Waals surface area contributed by atoms with Crippen molar-refractivity contribution in [3.63, 3.8) is 0 Å². The Morgan fingerprint density at radius 1 is 0.311 bits per heavy atom. The number of rotatable bonds is 3. The van der Waals surface area contributed by atoms with Crippen LogP contribution in [0.2, 0.25) is 0 Å². The molecule has 0 aliphatic carbocycles. The topological polar surface area (TPSA) is 23.0 Å². The van der Waals surface area contributed by atoms with Gasteiger partial charge in [-0.15, -0.1) is 0 Å². The molecule has 0 aliphatic heterocycles. The molecular weight excluding hydrogens is 741 g/mol. The lowest BCUT2D eigenvalue weighted by atomic mass is 9.92. The highest BCUT2D eigenvalue weighted by Crippen LogP contribution is 2.46. The van der Waals surface area contributed by atoms with Crippen LogP contribution in [0.15, 0.2) is 211 Å². The van der Waals surface area contributed by atoms with Crippen molar-refractivity contribution in [2.45, 2.75) is 0 Å². The standard InChI is InChI=1S/C58H34N2O/c1-2-17-39-35(13-1)14-12-25-50(39)60-53-31-29-46-45-22-8-10-26-54(45)61-58(46)56(53)48-30-32-52-55(57(48)60)47-23-7-9-24-51(47)59(52)38-16-11-15-36(33-38)37-27-28-44-42-20-4-3-18-40(42)41-19-5-6-21-43(41)49(44)34-37/h1-34H. The van der Waals surface area contributed by atoms with Gasteiger partial charge in [0.25, 0.3) is 0 Å². The van der Waals surface area contributed by atoms with Gasteiger partial charge in [0.2, 0.25) is 0 Å². The Balaban J connectivity index is 1.07. The number of para-hydroxylation sites is 2. The molecule has 0 radical (unpaired) electrons. The maximum Gasteiger partial charge on any atom is 0.145 e. The van der Waals surface area contributed by atoms with Crippen LogP contribution in [-0.4, -0.2) is 9.13 Å². The van der Waals surface area contributed by atoms with Gasteiger partial charge < -0.3 is 13.6 Å². The molecule has 61 heavy (non-hydrogen) atoms. The lowest BCUT2D eigenvalue weighted by Crippen LogP contribution is -1.96. The van der Waals surface area contributed by atoms with E-state index in [9.17, 15) is 0 Å². The number of benzene rings is 11.